The van der Waals surface area contributed by atoms with Gasteiger partial charge in [-0.3, -0.25) is 0 Å². The molecule has 1 aliphatic heterocycles. The van der Waals surface area contributed by atoms with Crippen molar-refractivity contribution >= 4 is 12.6 Å². The van der Waals surface area contributed by atoms with Crippen molar-refractivity contribution in [3.63, 3.8) is 0 Å². The van der Waals surface area contributed by atoms with Gasteiger partial charge in [-0.2, -0.15) is 0 Å². The summed E-state index contributed by atoms with van der Waals surface area (Å²) in [5.74, 6) is 1.58. The second kappa shape index (κ2) is 7.69. The molecule has 144 valence electrons. The van der Waals surface area contributed by atoms with Gasteiger partial charge in [0.15, 0.2) is 0 Å². The summed E-state index contributed by atoms with van der Waals surface area (Å²) in [4.78, 5) is 0. The van der Waals surface area contributed by atoms with Crippen molar-refractivity contribution in [3.05, 3.63) is 48.5 Å². The third kappa shape index (κ3) is 4.56. The Morgan fingerprint density at radius 3 is 1.78 bits per heavy atom. The van der Waals surface area contributed by atoms with Gasteiger partial charge < -0.3 is 14.0 Å². The van der Waals surface area contributed by atoms with Gasteiger partial charge in [0, 0.05) is 0 Å². The quantitative estimate of drug-likeness (QED) is 0.668. The maximum Gasteiger partial charge on any atom is 0.494 e. The molecule has 1 heterocycles. The van der Waals surface area contributed by atoms with E-state index in [2.05, 4.69) is 77.9 Å². The first-order chi connectivity index (χ1) is 12.7. The van der Waals surface area contributed by atoms with Gasteiger partial charge in [0.1, 0.15) is 5.75 Å². The predicted molar refractivity (Wildman–Crippen MR) is 113 cm³/mol. The van der Waals surface area contributed by atoms with Crippen molar-refractivity contribution in [1.82, 2.24) is 0 Å². The molecule has 2 aromatic rings. The Morgan fingerprint density at radius 1 is 0.815 bits per heavy atom. The largest absolute Gasteiger partial charge is 0.494 e. The van der Waals surface area contributed by atoms with Crippen LogP contribution in [-0.4, -0.2) is 24.9 Å². The Kier molecular flexibility index (Phi) is 5.69. The van der Waals surface area contributed by atoms with E-state index in [1.165, 1.54) is 11.1 Å². The SMILES string of the molecule is CC(C)CCOc1ccc(-c2ccc(B3OC(C)(C)C(C)(C)O3)cc2)cc1. The second-order valence-electron chi connectivity index (χ2n) is 8.77. The van der Waals surface area contributed by atoms with Gasteiger partial charge in [0.25, 0.3) is 0 Å². The van der Waals surface area contributed by atoms with E-state index in [0.717, 1.165) is 24.2 Å². The molecular weight excluding hydrogens is 335 g/mol. The molecule has 0 N–H and O–H groups in total. The minimum absolute atomic E-state index is 0.318. The lowest BCUT2D eigenvalue weighted by Gasteiger charge is -2.32. The summed E-state index contributed by atoms with van der Waals surface area (Å²) in [6.45, 7) is 13.5. The van der Waals surface area contributed by atoms with Crippen LogP contribution >= 0.6 is 0 Å². The van der Waals surface area contributed by atoms with E-state index < -0.39 is 0 Å². The fourth-order valence-electron chi connectivity index (χ4n) is 2.97. The monoisotopic (exact) mass is 366 g/mol. The Morgan fingerprint density at radius 2 is 1.30 bits per heavy atom. The number of benzene rings is 2. The standard InChI is InChI=1S/C23H31BO3/c1-17(2)15-16-25-21-13-9-19(10-14-21)18-7-11-20(12-8-18)24-26-22(3,4)23(5,6)27-24/h7-14,17H,15-16H2,1-6H3. The van der Waals surface area contributed by atoms with Crippen molar-refractivity contribution in [1.29, 1.82) is 0 Å². The predicted octanol–water partition coefficient (Wildman–Crippen LogP) is 5.08. The van der Waals surface area contributed by atoms with E-state index in [0.29, 0.717) is 5.92 Å². The van der Waals surface area contributed by atoms with Crippen LogP contribution in [0.2, 0.25) is 0 Å². The molecule has 27 heavy (non-hydrogen) atoms. The molecule has 0 unspecified atom stereocenters. The molecule has 4 heteroatoms. The molecule has 0 aliphatic carbocycles. The first-order valence-corrected chi connectivity index (χ1v) is 9.87. The topological polar surface area (TPSA) is 27.7 Å². The summed E-state index contributed by atoms with van der Waals surface area (Å²) in [5, 5.41) is 0. The Balaban J connectivity index is 1.66. The molecule has 0 radical (unpaired) electrons. The maximum atomic E-state index is 6.13. The van der Waals surface area contributed by atoms with Crippen LogP contribution in [-0.2, 0) is 9.31 Å². The van der Waals surface area contributed by atoms with Crippen molar-refractivity contribution in [3.8, 4) is 16.9 Å². The van der Waals surface area contributed by atoms with Crippen LogP contribution in [0.3, 0.4) is 0 Å². The van der Waals surface area contributed by atoms with Crippen molar-refractivity contribution in [2.45, 2.75) is 59.2 Å². The molecular formula is C23H31BO3. The molecule has 0 atom stereocenters. The molecule has 3 rings (SSSR count). The number of rotatable bonds is 6. The lowest BCUT2D eigenvalue weighted by atomic mass is 9.78. The zero-order valence-electron chi connectivity index (χ0n) is 17.4. The maximum absolute atomic E-state index is 6.13. The Hall–Kier alpha value is -1.78. The normalized spacial score (nSPS) is 18.1. The van der Waals surface area contributed by atoms with E-state index in [1.807, 2.05) is 12.1 Å². The van der Waals surface area contributed by atoms with Crippen LogP contribution in [0, 0.1) is 5.92 Å². The highest BCUT2D eigenvalue weighted by atomic mass is 16.7. The van der Waals surface area contributed by atoms with Gasteiger partial charge >= 0.3 is 7.12 Å². The molecule has 0 aromatic heterocycles. The van der Waals surface area contributed by atoms with Crippen LogP contribution in [0.4, 0.5) is 0 Å². The summed E-state index contributed by atoms with van der Waals surface area (Å²) in [7, 11) is -0.319. The molecule has 0 spiro atoms. The van der Waals surface area contributed by atoms with E-state index in [4.69, 9.17) is 14.0 Å². The van der Waals surface area contributed by atoms with Crippen LogP contribution in [0.15, 0.2) is 48.5 Å². The summed E-state index contributed by atoms with van der Waals surface area (Å²) in [6.07, 6.45) is 1.07. The van der Waals surface area contributed by atoms with Crippen LogP contribution in [0.5, 0.6) is 5.75 Å². The van der Waals surface area contributed by atoms with Crippen LogP contribution in [0.25, 0.3) is 11.1 Å². The molecule has 1 fully saturated rings. The molecule has 0 bridgehead atoms. The van der Waals surface area contributed by atoms with E-state index in [1.54, 1.807) is 0 Å². The van der Waals surface area contributed by atoms with Gasteiger partial charge in [-0.25, -0.2) is 0 Å². The van der Waals surface area contributed by atoms with Crippen LogP contribution in [0.1, 0.15) is 48.0 Å². The number of hydrogen-bond donors (Lipinski definition) is 0. The first kappa shape index (κ1) is 20.0. The third-order valence-electron chi connectivity index (χ3n) is 5.59. The van der Waals surface area contributed by atoms with Gasteiger partial charge in [0.2, 0.25) is 0 Å². The molecule has 0 saturated carbocycles. The smallest absolute Gasteiger partial charge is 0.494 e. The van der Waals surface area contributed by atoms with E-state index >= 15 is 0 Å². The van der Waals surface area contributed by atoms with Gasteiger partial charge in [-0.1, -0.05) is 50.2 Å². The van der Waals surface area contributed by atoms with Crippen molar-refractivity contribution < 1.29 is 14.0 Å². The molecule has 0 amide bonds. The molecule has 2 aromatic carbocycles. The Labute approximate surface area is 164 Å². The van der Waals surface area contributed by atoms with Crippen molar-refractivity contribution in [2.75, 3.05) is 6.61 Å². The summed E-state index contributed by atoms with van der Waals surface area (Å²) in [6, 6.07) is 16.7. The molecule has 1 aliphatic rings. The average Bonchev–Trinajstić information content (AvgIpc) is 2.83. The number of ether oxygens (including phenoxy) is 1. The highest BCUT2D eigenvalue weighted by Crippen LogP contribution is 2.36. The Bertz CT molecular complexity index is 732. The van der Waals surface area contributed by atoms with E-state index in [-0.39, 0.29) is 18.3 Å². The second-order valence-corrected chi connectivity index (χ2v) is 8.77. The summed E-state index contributed by atoms with van der Waals surface area (Å²) < 4.78 is 18.1. The fourth-order valence-corrected chi connectivity index (χ4v) is 2.97. The van der Waals surface area contributed by atoms with Gasteiger partial charge in [0.05, 0.1) is 17.8 Å². The van der Waals surface area contributed by atoms with Crippen LogP contribution < -0.4 is 10.2 Å². The molecule has 1 saturated heterocycles. The molecule has 3 nitrogen and oxygen atoms in total. The lowest BCUT2D eigenvalue weighted by molar-refractivity contribution is 0.00578. The summed E-state index contributed by atoms with van der Waals surface area (Å²) >= 11 is 0. The minimum atomic E-state index is -0.319. The average molecular weight is 366 g/mol. The zero-order valence-corrected chi connectivity index (χ0v) is 17.4. The number of hydrogen-bond acceptors (Lipinski definition) is 3. The third-order valence-corrected chi connectivity index (χ3v) is 5.59. The fraction of sp³-hybridized carbons (Fsp3) is 0.478. The highest BCUT2D eigenvalue weighted by molar-refractivity contribution is 6.62. The van der Waals surface area contributed by atoms with E-state index in [9.17, 15) is 0 Å². The van der Waals surface area contributed by atoms with Gasteiger partial charge in [-0.05, 0) is 68.8 Å². The minimum Gasteiger partial charge on any atom is -0.494 e. The first-order valence-electron chi connectivity index (χ1n) is 9.87. The lowest BCUT2D eigenvalue weighted by Crippen LogP contribution is -2.41. The van der Waals surface area contributed by atoms with Crippen molar-refractivity contribution in [2.24, 2.45) is 5.92 Å². The summed E-state index contributed by atoms with van der Waals surface area (Å²) in [5.41, 5.74) is 2.76. The van der Waals surface area contributed by atoms with Gasteiger partial charge in [-0.15, -0.1) is 0 Å². The highest BCUT2D eigenvalue weighted by Gasteiger charge is 2.51. The zero-order chi connectivity index (χ0) is 19.7.